The molecule has 55 heavy (non-hydrogen) atoms. The minimum Gasteiger partial charge on any atom is -0.247 e. The fraction of sp³-hybridized carbons (Fsp3) is 0.0755. The Balaban J connectivity index is 1.06. The predicted molar refractivity (Wildman–Crippen MR) is 237 cm³/mol. The number of benzene rings is 9. The first-order valence-electron chi connectivity index (χ1n) is 19.3. The highest BCUT2D eigenvalue weighted by molar-refractivity contribution is 7.26. The Labute approximate surface area is 323 Å². The molecule has 1 aliphatic carbocycles. The zero-order valence-corrected chi connectivity index (χ0v) is 31.5. The summed E-state index contributed by atoms with van der Waals surface area (Å²) in [5.74, 6) is 0. The van der Waals surface area contributed by atoms with Crippen molar-refractivity contribution in [2.75, 3.05) is 0 Å². The van der Waals surface area contributed by atoms with Crippen LogP contribution >= 0.6 is 11.3 Å². The van der Waals surface area contributed by atoms with Gasteiger partial charge in [-0.2, -0.15) is 0 Å². The number of para-hydroxylation sites is 1. The van der Waals surface area contributed by atoms with Crippen LogP contribution in [0.3, 0.4) is 0 Å². The van der Waals surface area contributed by atoms with Crippen molar-refractivity contribution in [2.24, 2.45) is 0 Å². The Morgan fingerprint density at radius 1 is 0.473 bits per heavy atom. The Bertz CT molecular complexity index is 3420. The lowest BCUT2D eigenvalue weighted by Gasteiger charge is -2.22. The van der Waals surface area contributed by atoms with E-state index in [9.17, 15) is 0 Å². The molecule has 0 radical (unpaired) electrons. The van der Waals surface area contributed by atoms with E-state index in [2.05, 4.69) is 178 Å². The predicted octanol–water partition coefficient (Wildman–Crippen LogP) is 14.8. The van der Waals surface area contributed by atoms with Crippen molar-refractivity contribution in [2.45, 2.75) is 25.7 Å². The average molecular weight is 718 g/mol. The molecular formula is C53H35NS. The topological polar surface area (TPSA) is 12.9 Å². The monoisotopic (exact) mass is 717 g/mol. The molecule has 0 saturated heterocycles. The third kappa shape index (κ3) is 4.38. The van der Waals surface area contributed by atoms with E-state index >= 15 is 0 Å². The van der Waals surface area contributed by atoms with Gasteiger partial charge in [0, 0.05) is 52.7 Å². The third-order valence-electron chi connectivity index (χ3n) is 12.5. The number of nitrogens with zero attached hydrogens (tertiary/aromatic N) is 1. The zero-order valence-electron chi connectivity index (χ0n) is 30.7. The Morgan fingerprint density at radius 3 is 1.87 bits per heavy atom. The SMILES string of the molecule is CC1(C)c2ccccc2-c2cc3c(Cc4ccc(-c5nc6ccccc6c6c7ccccc7c7ccccc7c56)cc4)cc4c5ccccc5sc4c3cc21. The highest BCUT2D eigenvalue weighted by atomic mass is 32.1. The first-order chi connectivity index (χ1) is 27.0. The largest absolute Gasteiger partial charge is 0.247 e. The summed E-state index contributed by atoms with van der Waals surface area (Å²) in [7, 11) is 0. The molecule has 0 amide bonds. The Kier molecular flexibility index (Phi) is 6.40. The molecule has 0 fully saturated rings. The molecule has 2 aromatic heterocycles. The Hall–Kier alpha value is -6.35. The molecule has 0 aliphatic heterocycles. The molecule has 9 aromatic carbocycles. The van der Waals surface area contributed by atoms with Gasteiger partial charge in [0.2, 0.25) is 0 Å². The van der Waals surface area contributed by atoms with Crippen molar-refractivity contribution < 1.29 is 0 Å². The number of hydrogen-bond acceptors (Lipinski definition) is 2. The maximum atomic E-state index is 5.41. The van der Waals surface area contributed by atoms with Gasteiger partial charge in [-0.15, -0.1) is 11.3 Å². The van der Waals surface area contributed by atoms with Gasteiger partial charge in [-0.1, -0.05) is 147 Å². The number of thiophene rings is 1. The molecule has 1 nitrogen and oxygen atoms in total. The van der Waals surface area contributed by atoms with E-state index < -0.39 is 0 Å². The standard InChI is InChI=1S/C53H35NS/c1-53(2)45-20-10-7-15-36(45)42-29-41-33(28-43-37-16-9-12-22-48(37)55-52(43)44(41)30-46(42)53)27-31-23-25-32(26-24-31)51-50-39-18-6-4-14-35(39)34-13-3-5-17-38(34)49(50)40-19-8-11-21-47(40)54-51/h3-26,28-30H,27H2,1-2H3. The molecule has 0 N–H and O–H groups in total. The van der Waals surface area contributed by atoms with E-state index in [1.807, 2.05) is 11.3 Å². The van der Waals surface area contributed by atoms with Gasteiger partial charge in [-0.3, -0.25) is 0 Å². The summed E-state index contributed by atoms with van der Waals surface area (Å²) in [6.45, 7) is 4.77. The van der Waals surface area contributed by atoms with Crippen LogP contribution in [0.2, 0.25) is 0 Å². The van der Waals surface area contributed by atoms with E-state index in [0.717, 1.165) is 23.2 Å². The second-order valence-electron chi connectivity index (χ2n) is 15.8. The van der Waals surface area contributed by atoms with Gasteiger partial charge >= 0.3 is 0 Å². The first kappa shape index (κ1) is 31.0. The van der Waals surface area contributed by atoms with Crippen LogP contribution < -0.4 is 0 Å². The summed E-state index contributed by atoms with van der Waals surface area (Å²) in [6.07, 6.45) is 0.847. The van der Waals surface area contributed by atoms with Crippen LogP contribution in [0.1, 0.15) is 36.1 Å². The maximum Gasteiger partial charge on any atom is 0.0794 e. The number of pyridine rings is 1. The highest BCUT2D eigenvalue weighted by Crippen LogP contribution is 2.52. The van der Waals surface area contributed by atoms with Gasteiger partial charge in [0.1, 0.15) is 0 Å². The minimum atomic E-state index is -0.0481. The fourth-order valence-electron chi connectivity index (χ4n) is 9.84. The zero-order chi connectivity index (χ0) is 36.4. The quantitative estimate of drug-likeness (QED) is 0.166. The van der Waals surface area contributed by atoms with E-state index in [1.165, 1.54) is 102 Å². The summed E-state index contributed by atoms with van der Waals surface area (Å²) >= 11 is 1.93. The minimum absolute atomic E-state index is 0.0481. The molecule has 258 valence electrons. The van der Waals surface area contributed by atoms with Crippen LogP contribution in [0, 0.1) is 0 Å². The highest BCUT2D eigenvalue weighted by Gasteiger charge is 2.36. The van der Waals surface area contributed by atoms with Gasteiger partial charge in [0.05, 0.1) is 11.2 Å². The summed E-state index contributed by atoms with van der Waals surface area (Å²) in [6, 6.07) is 61.0. The number of hydrogen-bond donors (Lipinski definition) is 0. The molecule has 0 saturated carbocycles. The summed E-state index contributed by atoms with van der Waals surface area (Å²) in [5, 5.41) is 14.2. The lowest BCUT2D eigenvalue weighted by atomic mass is 9.81. The number of fused-ring (bicyclic) bond motifs is 16. The van der Waals surface area contributed by atoms with Gasteiger partial charge in [-0.05, 0) is 97.1 Å². The van der Waals surface area contributed by atoms with E-state index in [4.69, 9.17) is 4.98 Å². The van der Waals surface area contributed by atoms with Crippen LogP contribution in [-0.2, 0) is 11.8 Å². The molecule has 11 aromatic rings. The molecule has 0 bridgehead atoms. The van der Waals surface area contributed by atoms with Gasteiger partial charge in [-0.25, -0.2) is 4.98 Å². The molecule has 0 unspecified atom stereocenters. The molecule has 0 atom stereocenters. The molecule has 12 rings (SSSR count). The maximum absolute atomic E-state index is 5.41. The normalized spacial score (nSPS) is 13.5. The summed E-state index contributed by atoms with van der Waals surface area (Å²) < 4.78 is 2.73. The molecule has 1 aliphatic rings. The van der Waals surface area contributed by atoms with Crippen LogP contribution in [0.15, 0.2) is 164 Å². The van der Waals surface area contributed by atoms with Crippen LogP contribution in [0.5, 0.6) is 0 Å². The molecule has 2 heteroatoms. The summed E-state index contributed by atoms with van der Waals surface area (Å²) in [5.41, 5.74) is 11.4. The molecular weight excluding hydrogens is 683 g/mol. The average Bonchev–Trinajstić information content (AvgIpc) is 3.72. The van der Waals surface area contributed by atoms with Gasteiger partial charge < -0.3 is 0 Å². The number of rotatable bonds is 3. The van der Waals surface area contributed by atoms with E-state index in [1.54, 1.807) is 0 Å². The van der Waals surface area contributed by atoms with Gasteiger partial charge in [0.25, 0.3) is 0 Å². The van der Waals surface area contributed by atoms with Crippen molar-refractivity contribution >= 4 is 85.5 Å². The van der Waals surface area contributed by atoms with Crippen LogP contribution in [-0.4, -0.2) is 4.98 Å². The van der Waals surface area contributed by atoms with E-state index in [-0.39, 0.29) is 5.41 Å². The van der Waals surface area contributed by atoms with Crippen molar-refractivity contribution in [3.05, 3.63) is 186 Å². The molecule has 0 spiro atoms. The van der Waals surface area contributed by atoms with Crippen molar-refractivity contribution in [3.8, 4) is 22.4 Å². The van der Waals surface area contributed by atoms with Crippen molar-refractivity contribution in [1.29, 1.82) is 0 Å². The van der Waals surface area contributed by atoms with Crippen molar-refractivity contribution in [3.63, 3.8) is 0 Å². The van der Waals surface area contributed by atoms with Crippen LogP contribution in [0.4, 0.5) is 0 Å². The fourth-order valence-corrected chi connectivity index (χ4v) is 11.1. The van der Waals surface area contributed by atoms with E-state index in [0.29, 0.717) is 0 Å². The number of aromatic nitrogens is 1. The Morgan fingerprint density at radius 2 is 1.09 bits per heavy atom. The van der Waals surface area contributed by atoms with Crippen LogP contribution in [0.25, 0.3) is 96.5 Å². The second kappa shape index (κ2) is 11.3. The summed E-state index contributed by atoms with van der Waals surface area (Å²) in [4.78, 5) is 5.41. The smallest absolute Gasteiger partial charge is 0.0794 e. The lowest BCUT2D eigenvalue weighted by Crippen LogP contribution is -2.14. The van der Waals surface area contributed by atoms with Gasteiger partial charge in [0.15, 0.2) is 0 Å². The van der Waals surface area contributed by atoms with Crippen molar-refractivity contribution in [1.82, 2.24) is 4.98 Å². The second-order valence-corrected chi connectivity index (χ2v) is 16.9. The lowest BCUT2D eigenvalue weighted by molar-refractivity contribution is 0.661. The molecule has 2 heterocycles. The third-order valence-corrected chi connectivity index (χ3v) is 13.7. The first-order valence-corrected chi connectivity index (χ1v) is 20.1.